The number of allylic oxidation sites excluding steroid dienone is 2. The molecule has 5 heteroatoms. The van der Waals surface area contributed by atoms with E-state index in [4.69, 9.17) is 0 Å². The Bertz CT molecular complexity index is 627. The van der Waals surface area contributed by atoms with Gasteiger partial charge in [0.1, 0.15) is 5.41 Å². The molecule has 1 saturated heterocycles. The molecule has 0 aliphatic carbocycles. The molecule has 2 rings (SSSR count). The first kappa shape index (κ1) is 15.7. The molecule has 0 atom stereocenters. The number of para-hydroxylation sites is 1. The molecule has 4 amide bonds. The first-order valence-electron chi connectivity index (χ1n) is 6.93. The van der Waals surface area contributed by atoms with Gasteiger partial charge in [-0.1, -0.05) is 30.4 Å². The van der Waals surface area contributed by atoms with E-state index in [-0.39, 0.29) is 12.8 Å². The summed E-state index contributed by atoms with van der Waals surface area (Å²) in [4.78, 5) is 40.0. The van der Waals surface area contributed by atoms with Crippen LogP contribution in [0.15, 0.2) is 55.6 Å². The number of carbonyl (C=O) groups is 3. The number of hydrogen-bond donors (Lipinski definition) is 0. The summed E-state index contributed by atoms with van der Waals surface area (Å²) >= 11 is 0. The minimum atomic E-state index is -1.36. The lowest BCUT2D eigenvalue weighted by molar-refractivity contribution is -0.148. The number of nitrogens with zero attached hydrogens (tertiary/aromatic N) is 2. The Hall–Kier alpha value is -2.69. The van der Waals surface area contributed by atoms with Gasteiger partial charge in [0, 0.05) is 7.05 Å². The van der Waals surface area contributed by atoms with E-state index in [0.717, 1.165) is 9.80 Å². The molecule has 0 spiro atoms. The van der Waals surface area contributed by atoms with Crippen LogP contribution in [0.1, 0.15) is 12.8 Å². The molecule has 0 saturated carbocycles. The van der Waals surface area contributed by atoms with Crippen molar-refractivity contribution in [1.82, 2.24) is 4.90 Å². The second-order valence-electron chi connectivity index (χ2n) is 5.19. The number of rotatable bonds is 5. The molecule has 1 aliphatic heterocycles. The van der Waals surface area contributed by atoms with Gasteiger partial charge in [-0.05, 0) is 25.0 Å². The second kappa shape index (κ2) is 5.97. The van der Waals surface area contributed by atoms with Crippen molar-refractivity contribution in [1.29, 1.82) is 0 Å². The van der Waals surface area contributed by atoms with Crippen molar-refractivity contribution in [2.24, 2.45) is 5.41 Å². The van der Waals surface area contributed by atoms with Crippen molar-refractivity contribution < 1.29 is 14.4 Å². The largest absolute Gasteiger partial charge is 0.337 e. The maximum Gasteiger partial charge on any atom is 0.337 e. The Morgan fingerprint density at radius 3 is 2.05 bits per heavy atom. The van der Waals surface area contributed by atoms with Gasteiger partial charge < -0.3 is 0 Å². The number of urea groups is 1. The van der Waals surface area contributed by atoms with Gasteiger partial charge in [-0.25, -0.2) is 9.69 Å². The van der Waals surface area contributed by atoms with Crippen LogP contribution in [-0.4, -0.2) is 29.8 Å². The summed E-state index contributed by atoms with van der Waals surface area (Å²) in [5.74, 6) is -1.05. The van der Waals surface area contributed by atoms with Gasteiger partial charge in [-0.3, -0.25) is 14.5 Å². The normalized spacial score (nSPS) is 17.6. The molecule has 0 unspecified atom stereocenters. The highest BCUT2D eigenvalue weighted by atomic mass is 16.2. The van der Waals surface area contributed by atoms with Crippen molar-refractivity contribution >= 4 is 23.5 Å². The third-order valence-electron chi connectivity index (χ3n) is 3.80. The molecular weight excluding hydrogens is 280 g/mol. The second-order valence-corrected chi connectivity index (χ2v) is 5.19. The van der Waals surface area contributed by atoms with Crippen LogP contribution in [0, 0.1) is 5.41 Å². The standard InChI is InChI=1S/C17H18N2O3/c1-4-11-17(12-5-2)14(20)18(3)16(22)19(15(17)21)13-9-7-6-8-10-13/h4-10H,1-2,11-12H2,3H3. The molecule has 1 aromatic rings. The topological polar surface area (TPSA) is 57.7 Å². The first-order chi connectivity index (χ1) is 10.5. The summed E-state index contributed by atoms with van der Waals surface area (Å²) in [7, 11) is 1.38. The third-order valence-corrected chi connectivity index (χ3v) is 3.80. The minimum absolute atomic E-state index is 0.150. The van der Waals surface area contributed by atoms with Crippen molar-refractivity contribution in [3.05, 3.63) is 55.6 Å². The van der Waals surface area contributed by atoms with Crippen molar-refractivity contribution in [2.45, 2.75) is 12.8 Å². The average Bonchev–Trinajstić information content (AvgIpc) is 2.53. The zero-order valence-corrected chi connectivity index (χ0v) is 12.5. The quantitative estimate of drug-likeness (QED) is 0.620. The van der Waals surface area contributed by atoms with Crippen LogP contribution in [-0.2, 0) is 9.59 Å². The van der Waals surface area contributed by atoms with Crippen LogP contribution in [0.25, 0.3) is 0 Å². The number of anilines is 1. The molecule has 0 N–H and O–H groups in total. The Labute approximate surface area is 129 Å². The van der Waals surface area contributed by atoms with E-state index in [2.05, 4.69) is 13.2 Å². The summed E-state index contributed by atoms with van der Waals surface area (Å²) in [6.07, 6.45) is 3.34. The van der Waals surface area contributed by atoms with E-state index in [1.807, 2.05) is 0 Å². The molecule has 0 aromatic heterocycles. The van der Waals surface area contributed by atoms with E-state index < -0.39 is 23.3 Å². The van der Waals surface area contributed by atoms with Gasteiger partial charge in [0.25, 0.3) is 5.91 Å². The molecule has 1 aromatic carbocycles. The lowest BCUT2D eigenvalue weighted by Crippen LogP contribution is -2.64. The number of amides is 4. The Balaban J connectivity index is 2.59. The van der Waals surface area contributed by atoms with Crippen LogP contribution in [0.4, 0.5) is 10.5 Å². The van der Waals surface area contributed by atoms with E-state index in [0.29, 0.717) is 5.69 Å². The minimum Gasteiger partial charge on any atom is -0.273 e. The van der Waals surface area contributed by atoms with Crippen LogP contribution in [0.2, 0.25) is 0 Å². The zero-order valence-electron chi connectivity index (χ0n) is 12.5. The predicted molar refractivity (Wildman–Crippen MR) is 84.2 cm³/mol. The first-order valence-corrected chi connectivity index (χ1v) is 6.93. The number of benzene rings is 1. The number of barbiturate groups is 1. The molecule has 22 heavy (non-hydrogen) atoms. The van der Waals surface area contributed by atoms with E-state index in [1.165, 1.54) is 19.2 Å². The van der Waals surface area contributed by atoms with Gasteiger partial charge in [0.05, 0.1) is 5.69 Å². The van der Waals surface area contributed by atoms with Crippen LogP contribution in [0.3, 0.4) is 0 Å². The molecule has 0 bridgehead atoms. The molecule has 1 aliphatic rings. The molecule has 1 heterocycles. The highest BCUT2D eigenvalue weighted by Crippen LogP contribution is 2.38. The van der Waals surface area contributed by atoms with Crippen LogP contribution in [0.5, 0.6) is 0 Å². The Kier molecular flexibility index (Phi) is 4.26. The van der Waals surface area contributed by atoms with Crippen molar-refractivity contribution in [3.63, 3.8) is 0 Å². The van der Waals surface area contributed by atoms with Crippen molar-refractivity contribution in [2.75, 3.05) is 11.9 Å². The third kappa shape index (κ3) is 2.24. The summed E-state index contributed by atoms with van der Waals surface area (Å²) in [5, 5.41) is 0. The average molecular weight is 298 g/mol. The Morgan fingerprint density at radius 1 is 1.00 bits per heavy atom. The SMILES string of the molecule is C=CCC1(CC=C)C(=O)N(C)C(=O)N(c2ccccc2)C1=O. The summed E-state index contributed by atoms with van der Waals surface area (Å²) in [6.45, 7) is 7.26. The molecule has 0 radical (unpaired) electrons. The van der Waals surface area contributed by atoms with Crippen LogP contribution < -0.4 is 4.90 Å². The fraction of sp³-hybridized carbons (Fsp3) is 0.235. The highest BCUT2D eigenvalue weighted by Gasteiger charge is 2.55. The summed E-state index contributed by atoms with van der Waals surface area (Å²) in [5.41, 5.74) is -0.920. The van der Waals surface area contributed by atoms with Gasteiger partial charge >= 0.3 is 6.03 Å². The van der Waals surface area contributed by atoms with Gasteiger partial charge in [-0.2, -0.15) is 0 Å². The maximum absolute atomic E-state index is 13.0. The number of imide groups is 2. The lowest BCUT2D eigenvalue weighted by Gasteiger charge is -2.42. The van der Waals surface area contributed by atoms with E-state index in [9.17, 15) is 14.4 Å². The molecular formula is C17H18N2O3. The summed E-state index contributed by atoms with van der Waals surface area (Å²) in [6, 6.07) is 7.92. The zero-order chi connectivity index (χ0) is 16.3. The maximum atomic E-state index is 13.0. The molecule has 5 nitrogen and oxygen atoms in total. The summed E-state index contributed by atoms with van der Waals surface area (Å²) < 4.78 is 0. The lowest BCUT2D eigenvalue weighted by atomic mass is 9.76. The van der Waals surface area contributed by atoms with E-state index >= 15 is 0 Å². The Morgan fingerprint density at radius 2 is 1.55 bits per heavy atom. The van der Waals surface area contributed by atoms with E-state index in [1.54, 1.807) is 30.3 Å². The van der Waals surface area contributed by atoms with Crippen LogP contribution >= 0.6 is 0 Å². The van der Waals surface area contributed by atoms with Crippen molar-refractivity contribution in [3.8, 4) is 0 Å². The fourth-order valence-corrected chi connectivity index (χ4v) is 2.68. The smallest absolute Gasteiger partial charge is 0.273 e. The van der Waals surface area contributed by atoms with Gasteiger partial charge in [0.15, 0.2) is 0 Å². The van der Waals surface area contributed by atoms with Gasteiger partial charge in [0.2, 0.25) is 5.91 Å². The number of carbonyl (C=O) groups excluding carboxylic acids is 3. The van der Waals surface area contributed by atoms with Gasteiger partial charge in [-0.15, -0.1) is 13.2 Å². The fourth-order valence-electron chi connectivity index (χ4n) is 2.68. The number of hydrogen-bond acceptors (Lipinski definition) is 3. The molecule has 1 fully saturated rings. The highest BCUT2D eigenvalue weighted by molar-refractivity contribution is 6.29. The molecule has 114 valence electrons. The predicted octanol–water partition coefficient (Wildman–Crippen LogP) is 2.75. The monoisotopic (exact) mass is 298 g/mol.